The zero-order valence-electron chi connectivity index (χ0n) is 11.5. The van der Waals surface area contributed by atoms with Crippen molar-refractivity contribution in [3.8, 4) is 5.75 Å². The molecular weight excluding hydrogens is 270 g/mol. The summed E-state index contributed by atoms with van der Waals surface area (Å²) in [7, 11) is 0. The Morgan fingerprint density at radius 1 is 1.10 bits per heavy atom. The lowest BCUT2D eigenvalue weighted by molar-refractivity contribution is 0.0691. The SMILES string of the molecule is Cc1cccc(C(=O)O)c1OCc1ccccc1C(N)=O. The first kappa shape index (κ1) is 14.6. The number of aromatic carboxylic acids is 1. The van der Waals surface area contributed by atoms with Gasteiger partial charge in [0.05, 0.1) is 0 Å². The molecule has 0 heterocycles. The maximum absolute atomic E-state index is 11.3. The first-order chi connectivity index (χ1) is 10.0. The Kier molecular flexibility index (Phi) is 4.23. The molecule has 0 fully saturated rings. The molecule has 0 aliphatic carbocycles. The third-order valence-electron chi connectivity index (χ3n) is 3.10. The topological polar surface area (TPSA) is 89.6 Å². The highest BCUT2D eigenvalue weighted by molar-refractivity contribution is 5.94. The van der Waals surface area contributed by atoms with Gasteiger partial charge in [-0.25, -0.2) is 4.79 Å². The van der Waals surface area contributed by atoms with Crippen LogP contribution in [0.5, 0.6) is 5.75 Å². The van der Waals surface area contributed by atoms with Gasteiger partial charge in [0.15, 0.2) is 0 Å². The number of carbonyl (C=O) groups is 2. The molecule has 0 aliphatic rings. The van der Waals surface area contributed by atoms with Crippen molar-refractivity contribution in [3.05, 3.63) is 64.7 Å². The van der Waals surface area contributed by atoms with Crippen LogP contribution in [-0.2, 0) is 6.61 Å². The molecule has 0 atom stereocenters. The molecule has 0 bridgehead atoms. The van der Waals surface area contributed by atoms with Crippen LogP contribution in [0.1, 0.15) is 31.8 Å². The molecule has 3 N–H and O–H groups in total. The minimum Gasteiger partial charge on any atom is -0.488 e. The number of carboxylic acid groups (broad SMARTS) is 1. The van der Waals surface area contributed by atoms with Gasteiger partial charge in [0, 0.05) is 11.1 Å². The first-order valence-corrected chi connectivity index (χ1v) is 6.34. The average Bonchev–Trinajstić information content (AvgIpc) is 2.45. The van der Waals surface area contributed by atoms with Crippen molar-refractivity contribution < 1.29 is 19.4 Å². The summed E-state index contributed by atoms with van der Waals surface area (Å²) >= 11 is 0. The minimum absolute atomic E-state index is 0.0737. The highest BCUT2D eigenvalue weighted by Gasteiger charge is 2.14. The summed E-state index contributed by atoms with van der Waals surface area (Å²) in [6.07, 6.45) is 0. The van der Waals surface area contributed by atoms with Gasteiger partial charge in [-0.05, 0) is 24.6 Å². The monoisotopic (exact) mass is 285 g/mol. The van der Waals surface area contributed by atoms with Gasteiger partial charge >= 0.3 is 5.97 Å². The van der Waals surface area contributed by atoms with E-state index in [-0.39, 0.29) is 12.2 Å². The predicted octanol–water partition coefficient (Wildman–Crippen LogP) is 2.37. The van der Waals surface area contributed by atoms with E-state index in [0.717, 1.165) is 0 Å². The van der Waals surface area contributed by atoms with Gasteiger partial charge in [-0.1, -0.05) is 30.3 Å². The molecular formula is C16H15NO4. The molecule has 21 heavy (non-hydrogen) atoms. The number of carboxylic acids is 1. The van der Waals surface area contributed by atoms with Gasteiger partial charge in [-0.3, -0.25) is 4.79 Å². The molecule has 0 spiro atoms. The van der Waals surface area contributed by atoms with Crippen LogP contribution in [0.4, 0.5) is 0 Å². The molecule has 0 aromatic heterocycles. The second-order valence-corrected chi connectivity index (χ2v) is 4.57. The van der Waals surface area contributed by atoms with Crippen LogP contribution in [0.2, 0.25) is 0 Å². The maximum Gasteiger partial charge on any atom is 0.339 e. The molecule has 1 amide bonds. The number of rotatable bonds is 5. The van der Waals surface area contributed by atoms with Gasteiger partial charge < -0.3 is 15.6 Å². The van der Waals surface area contributed by atoms with Crippen LogP contribution in [0.3, 0.4) is 0 Å². The molecule has 0 unspecified atom stereocenters. The van der Waals surface area contributed by atoms with Gasteiger partial charge in [0.25, 0.3) is 0 Å². The van der Waals surface area contributed by atoms with Crippen LogP contribution in [0.25, 0.3) is 0 Å². The molecule has 5 nitrogen and oxygen atoms in total. The van der Waals surface area contributed by atoms with Crippen molar-refractivity contribution in [1.82, 2.24) is 0 Å². The van der Waals surface area contributed by atoms with E-state index >= 15 is 0 Å². The summed E-state index contributed by atoms with van der Waals surface area (Å²) in [5, 5.41) is 9.18. The number of para-hydroxylation sites is 1. The van der Waals surface area contributed by atoms with Crippen molar-refractivity contribution in [3.63, 3.8) is 0 Å². The second kappa shape index (κ2) is 6.09. The third-order valence-corrected chi connectivity index (χ3v) is 3.10. The van der Waals surface area contributed by atoms with E-state index in [1.54, 1.807) is 43.3 Å². The van der Waals surface area contributed by atoms with E-state index in [1.807, 2.05) is 0 Å². The quantitative estimate of drug-likeness (QED) is 0.882. The lowest BCUT2D eigenvalue weighted by Crippen LogP contribution is -2.15. The van der Waals surface area contributed by atoms with Gasteiger partial charge in [-0.2, -0.15) is 0 Å². The third kappa shape index (κ3) is 3.20. The van der Waals surface area contributed by atoms with Crippen molar-refractivity contribution >= 4 is 11.9 Å². The van der Waals surface area contributed by atoms with E-state index in [4.69, 9.17) is 10.5 Å². The lowest BCUT2D eigenvalue weighted by Gasteiger charge is -2.13. The number of hydrogen-bond acceptors (Lipinski definition) is 3. The molecule has 0 aliphatic heterocycles. The van der Waals surface area contributed by atoms with E-state index in [9.17, 15) is 14.7 Å². The zero-order valence-corrected chi connectivity index (χ0v) is 11.5. The number of primary amides is 1. The summed E-state index contributed by atoms with van der Waals surface area (Å²) in [4.78, 5) is 22.6. The maximum atomic E-state index is 11.3. The van der Waals surface area contributed by atoms with E-state index in [1.165, 1.54) is 6.07 Å². The van der Waals surface area contributed by atoms with E-state index in [2.05, 4.69) is 0 Å². The number of carbonyl (C=O) groups excluding carboxylic acids is 1. The second-order valence-electron chi connectivity index (χ2n) is 4.57. The Morgan fingerprint density at radius 2 is 1.76 bits per heavy atom. The Morgan fingerprint density at radius 3 is 2.43 bits per heavy atom. The highest BCUT2D eigenvalue weighted by atomic mass is 16.5. The molecule has 2 aromatic rings. The Balaban J connectivity index is 2.29. The van der Waals surface area contributed by atoms with E-state index < -0.39 is 11.9 Å². The van der Waals surface area contributed by atoms with Crippen molar-refractivity contribution in [2.45, 2.75) is 13.5 Å². The largest absolute Gasteiger partial charge is 0.488 e. The van der Waals surface area contributed by atoms with E-state index in [0.29, 0.717) is 22.4 Å². The summed E-state index contributed by atoms with van der Waals surface area (Å²) in [5.41, 5.74) is 7.09. The Hall–Kier alpha value is -2.82. The highest BCUT2D eigenvalue weighted by Crippen LogP contribution is 2.25. The van der Waals surface area contributed by atoms with Crippen LogP contribution in [-0.4, -0.2) is 17.0 Å². The number of hydrogen-bond donors (Lipinski definition) is 2. The number of nitrogens with two attached hydrogens (primary N) is 1. The molecule has 0 radical (unpaired) electrons. The predicted molar refractivity (Wildman–Crippen MR) is 77.4 cm³/mol. The Bertz CT molecular complexity index is 694. The lowest BCUT2D eigenvalue weighted by atomic mass is 10.1. The Labute approximate surface area is 122 Å². The zero-order chi connectivity index (χ0) is 15.4. The first-order valence-electron chi connectivity index (χ1n) is 6.34. The molecule has 0 saturated heterocycles. The average molecular weight is 285 g/mol. The summed E-state index contributed by atoms with van der Waals surface area (Å²) < 4.78 is 5.62. The molecule has 108 valence electrons. The summed E-state index contributed by atoms with van der Waals surface area (Å²) in [6, 6.07) is 11.7. The smallest absolute Gasteiger partial charge is 0.339 e. The van der Waals surface area contributed by atoms with Gasteiger partial charge in [0.2, 0.25) is 5.91 Å². The normalized spacial score (nSPS) is 10.1. The number of amides is 1. The van der Waals surface area contributed by atoms with Crippen molar-refractivity contribution in [2.24, 2.45) is 5.73 Å². The molecule has 2 aromatic carbocycles. The fourth-order valence-corrected chi connectivity index (χ4v) is 2.05. The van der Waals surface area contributed by atoms with Crippen LogP contribution in [0.15, 0.2) is 42.5 Å². The summed E-state index contributed by atoms with van der Waals surface area (Å²) in [5.74, 6) is -1.31. The molecule has 2 rings (SSSR count). The standard InChI is InChI=1S/C16H15NO4/c1-10-5-4-8-13(16(19)20)14(10)21-9-11-6-2-3-7-12(11)15(17)18/h2-8H,9H2,1H3,(H2,17,18)(H,19,20). The molecule has 0 saturated carbocycles. The van der Waals surface area contributed by atoms with Crippen LogP contribution >= 0.6 is 0 Å². The minimum atomic E-state index is -1.06. The van der Waals surface area contributed by atoms with Crippen LogP contribution < -0.4 is 10.5 Å². The number of aryl methyl sites for hydroxylation is 1. The molecule has 5 heteroatoms. The number of ether oxygens (including phenoxy) is 1. The summed E-state index contributed by atoms with van der Waals surface area (Å²) in [6.45, 7) is 1.84. The van der Waals surface area contributed by atoms with Crippen molar-refractivity contribution in [2.75, 3.05) is 0 Å². The van der Waals surface area contributed by atoms with Crippen molar-refractivity contribution in [1.29, 1.82) is 0 Å². The van der Waals surface area contributed by atoms with Gasteiger partial charge in [0.1, 0.15) is 17.9 Å². The fourth-order valence-electron chi connectivity index (χ4n) is 2.05. The fraction of sp³-hybridized carbons (Fsp3) is 0.125. The number of benzene rings is 2. The van der Waals surface area contributed by atoms with Crippen LogP contribution in [0, 0.1) is 6.92 Å². The van der Waals surface area contributed by atoms with Gasteiger partial charge in [-0.15, -0.1) is 0 Å².